The van der Waals surface area contributed by atoms with Gasteiger partial charge in [0, 0.05) is 32.2 Å². The average molecular weight is 321 g/mol. The Balaban J connectivity index is 1.42. The third-order valence-electron chi connectivity index (χ3n) is 3.52. The molecule has 0 atom stereocenters. The van der Waals surface area contributed by atoms with E-state index in [1.165, 1.54) is 0 Å². The molecule has 7 heteroatoms. The second-order valence-electron chi connectivity index (χ2n) is 5.14. The molecule has 1 aliphatic rings. The highest BCUT2D eigenvalue weighted by atomic mass is 32.1. The summed E-state index contributed by atoms with van der Waals surface area (Å²) in [6, 6.07) is 5.76. The Kier molecular flexibility index (Phi) is 5.20. The van der Waals surface area contributed by atoms with Gasteiger partial charge in [0.15, 0.2) is 5.76 Å². The lowest BCUT2D eigenvalue weighted by Gasteiger charge is -2.26. The van der Waals surface area contributed by atoms with E-state index in [0.717, 1.165) is 37.7 Å². The third-order valence-corrected chi connectivity index (χ3v) is 4.40. The van der Waals surface area contributed by atoms with Crippen LogP contribution in [0.4, 0.5) is 0 Å². The number of carbonyl (C=O) groups excluding carboxylic acids is 1. The van der Waals surface area contributed by atoms with Crippen molar-refractivity contribution in [3.8, 4) is 10.6 Å². The van der Waals surface area contributed by atoms with Gasteiger partial charge < -0.3 is 14.6 Å². The Bertz CT molecular complexity index is 591. The van der Waals surface area contributed by atoms with Crippen LogP contribution in [0.3, 0.4) is 0 Å². The van der Waals surface area contributed by atoms with Crippen LogP contribution in [0.25, 0.3) is 10.6 Å². The SMILES string of the molecule is O=C(Cc1cc(-c2cccs2)on1)NCCN1CCOCC1. The monoisotopic (exact) mass is 321 g/mol. The van der Waals surface area contributed by atoms with Crippen molar-refractivity contribution in [2.45, 2.75) is 6.42 Å². The topological polar surface area (TPSA) is 67.6 Å². The van der Waals surface area contributed by atoms with E-state index >= 15 is 0 Å². The van der Waals surface area contributed by atoms with Gasteiger partial charge in [-0.25, -0.2) is 0 Å². The highest BCUT2D eigenvalue weighted by Crippen LogP contribution is 2.25. The number of nitrogens with one attached hydrogen (secondary N) is 1. The fourth-order valence-corrected chi connectivity index (χ4v) is 3.01. The summed E-state index contributed by atoms with van der Waals surface area (Å²) in [5, 5.41) is 8.86. The van der Waals surface area contributed by atoms with E-state index in [1.807, 2.05) is 23.6 Å². The molecule has 1 fully saturated rings. The van der Waals surface area contributed by atoms with Crippen molar-refractivity contribution in [1.82, 2.24) is 15.4 Å². The van der Waals surface area contributed by atoms with Gasteiger partial charge in [-0.1, -0.05) is 11.2 Å². The van der Waals surface area contributed by atoms with Gasteiger partial charge in [-0.05, 0) is 11.4 Å². The van der Waals surface area contributed by atoms with Crippen LogP contribution in [0.2, 0.25) is 0 Å². The normalized spacial score (nSPS) is 15.8. The first-order valence-corrected chi connectivity index (χ1v) is 8.25. The molecule has 22 heavy (non-hydrogen) atoms. The molecule has 3 rings (SSSR count). The van der Waals surface area contributed by atoms with Crippen LogP contribution in [0, 0.1) is 0 Å². The summed E-state index contributed by atoms with van der Waals surface area (Å²) in [6.07, 6.45) is 0.248. The zero-order valence-electron chi connectivity index (χ0n) is 12.3. The molecule has 1 aliphatic heterocycles. The molecule has 0 saturated carbocycles. The predicted octanol–water partition coefficient (Wildman–Crippen LogP) is 1.39. The zero-order chi connectivity index (χ0) is 15.2. The molecule has 0 unspecified atom stereocenters. The first kappa shape index (κ1) is 15.2. The maximum atomic E-state index is 11.9. The maximum absolute atomic E-state index is 11.9. The van der Waals surface area contributed by atoms with Crippen molar-refractivity contribution in [3.05, 3.63) is 29.3 Å². The molecule has 1 saturated heterocycles. The summed E-state index contributed by atoms with van der Waals surface area (Å²) in [5.41, 5.74) is 0.660. The Morgan fingerprint density at radius 1 is 1.41 bits per heavy atom. The lowest BCUT2D eigenvalue weighted by atomic mass is 10.2. The van der Waals surface area contributed by atoms with Crippen LogP contribution >= 0.6 is 11.3 Å². The molecule has 2 aromatic heterocycles. The number of aromatic nitrogens is 1. The van der Waals surface area contributed by atoms with E-state index in [1.54, 1.807) is 11.3 Å². The minimum Gasteiger partial charge on any atom is -0.379 e. The molecule has 0 radical (unpaired) electrons. The highest BCUT2D eigenvalue weighted by Gasteiger charge is 2.12. The van der Waals surface area contributed by atoms with E-state index in [4.69, 9.17) is 9.26 Å². The van der Waals surface area contributed by atoms with E-state index < -0.39 is 0 Å². The van der Waals surface area contributed by atoms with Gasteiger partial charge in [0.1, 0.15) is 0 Å². The number of amides is 1. The van der Waals surface area contributed by atoms with Crippen molar-refractivity contribution in [3.63, 3.8) is 0 Å². The second kappa shape index (κ2) is 7.53. The summed E-state index contributed by atoms with van der Waals surface area (Å²) >= 11 is 1.59. The molecule has 0 spiro atoms. The fourth-order valence-electron chi connectivity index (χ4n) is 2.34. The van der Waals surface area contributed by atoms with Crippen molar-refractivity contribution in [2.75, 3.05) is 39.4 Å². The molecule has 0 bridgehead atoms. The lowest BCUT2D eigenvalue weighted by molar-refractivity contribution is -0.120. The Labute approximate surface area is 133 Å². The molecule has 0 aromatic carbocycles. The van der Waals surface area contributed by atoms with E-state index in [-0.39, 0.29) is 12.3 Å². The van der Waals surface area contributed by atoms with Gasteiger partial charge >= 0.3 is 0 Å². The molecule has 0 aliphatic carbocycles. The molecule has 1 N–H and O–H groups in total. The fraction of sp³-hybridized carbons (Fsp3) is 0.467. The van der Waals surface area contributed by atoms with Crippen molar-refractivity contribution < 1.29 is 14.1 Å². The number of thiophene rings is 1. The minimum absolute atomic E-state index is 0.0284. The number of carbonyl (C=O) groups is 1. The summed E-state index contributed by atoms with van der Waals surface area (Å²) in [7, 11) is 0. The molecule has 1 amide bonds. The molecule has 2 aromatic rings. The zero-order valence-corrected chi connectivity index (χ0v) is 13.1. The van der Waals surface area contributed by atoms with E-state index in [0.29, 0.717) is 18.0 Å². The molecular weight excluding hydrogens is 302 g/mol. The summed E-state index contributed by atoms with van der Waals surface area (Å²) in [4.78, 5) is 15.2. The van der Waals surface area contributed by atoms with Crippen LogP contribution in [0.5, 0.6) is 0 Å². The number of ether oxygens (including phenoxy) is 1. The van der Waals surface area contributed by atoms with Gasteiger partial charge in [-0.3, -0.25) is 9.69 Å². The second-order valence-corrected chi connectivity index (χ2v) is 6.09. The Morgan fingerprint density at radius 2 is 2.27 bits per heavy atom. The largest absolute Gasteiger partial charge is 0.379 e. The van der Waals surface area contributed by atoms with Gasteiger partial charge in [0.2, 0.25) is 5.91 Å². The van der Waals surface area contributed by atoms with Crippen molar-refractivity contribution in [2.24, 2.45) is 0 Å². The van der Waals surface area contributed by atoms with Crippen LogP contribution in [-0.4, -0.2) is 55.4 Å². The minimum atomic E-state index is -0.0284. The molecule has 3 heterocycles. The molecule has 118 valence electrons. The molecular formula is C15H19N3O3S. The van der Waals surface area contributed by atoms with E-state index in [9.17, 15) is 4.79 Å². The van der Waals surface area contributed by atoms with Gasteiger partial charge in [-0.15, -0.1) is 11.3 Å². The van der Waals surface area contributed by atoms with Crippen molar-refractivity contribution in [1.29, 1.82) is 0 Å². The van der Waals surface area contributed by atoms with Gasteiger partial charge in [-0.2, -0.15) is 0 Å². The Hall–Kier alpha value is -1.70. The summed E-state index contributed by atoms with van der Waals surface area (Å²) in [5.74, 6) is 0.686. The smallest absolute Gasteiger partial charge is 0.226 e. The highest BCUT2D eigenvalue weighted by molar-refractivity contribution is 7.13. The van der Waals surface area contributed by atoms with Gasteiger partial charge in [0.05, 0.1) is 30.2 Å². The summed E-state index contributed by atoms with van der Waals surface area (Å²) < 4.78 is 10.6. The quantitative estimate of drug-likeness (QED) is 0.871. The van der Waals surface area contributed by atoms with Crippen LogP contribution < -0.4 is 5.32 Å². The van der Waals surface area contributed by atoms with Crippen LogP contribution in [0.15, 0.2) is 28.1 Å². The number of morpholine rings is 1. The predicted molar refractivity (Wildman–Crippen MR) is 83.8 cm³/mol. The first-order chi connectivity index (χ1) is 10.8. The number of hydrogen-bond acceptors (Lipinski definition) is 6. The van der Waals surface area contributed by atoms with Crippen LogP contribution in [-0.2, 0) is 16.0 Å². The lowest BCUT2D eigenvalue weighted by Crippen LogP contribution is -2.41. The first-order valence-electron chi connectivity index (χ1n) is 7.37. The van der Waals surface area contributed by atoms with Crippen molar-refractivity contribution >= 4 is 17.2 Å². The third kappa shape index (κ3) is 4.16. The summed E-state index contributed by atoms with van der Waals surface area (Å²) in [6.45, 7) is 4.92. The maximum Gasteiger partial charge on any atom is 0.226 e. The number of hydrogen-bond donors (Lipinski definition) is 1. The number of nitrogens with zero attached hydrogens (tertiary/aromatic N) is 2. The standard InChI is InChI=1S/C15H19N3O3S/c19-15(16-3-4-18-5-7-20-8-6-18)11-12-10-13(21-17-12)14-2-1-9-22-14/h1-2,9-10H,3-8,11H2,(H,16,19). The average Bonchev–Trinajstić information content (AvgIpc) is 3.19. The van der Waals surface area contributed by atoms with E-state index in [2.05, 4.69) is 15.4 Å². The van der Waals surface area contributed by atoms with Crippen LogP contribution in [0.1, 0.15) is 5.69 Å². The molecule has 6 nitrogen and oxygen atoms in total. The number of rotatable bonds is 6. The van der Waals surface area contributed by atoms with Gasteiger partial charge in [0.25, 0.3) is 0 Å². The Morgan fingerprint density at radius 3 is 3.05 bits per heavy atom.